The second kappa shape index (κ2) is 9.23. The number of piperidine rings is 1. The Labute approximate surface area is 195 Å². The highest BCUT2D eigenvalue weighted by Gasteiger charge is 2.21. The fourth-order valence-corrected chi connectivity index (χ4v) is 6.64. The first-order valence-corrected chi connectivity index (χ1v) is 12.8. The molecule has 0 radical (unpaired) electrons. The summed E-state index contributed by atoms with van der Waals surface area (Å²) in [5.41, 5.74) is 2.17. The molecule has 5 rings (SSSR count). The van der Waals surface area contributed by atoms with E-state index >= 15 is 0 Å². The monoisotopic (exact) mass is 469 g/mol. The molecule has 0 unspecified atom stereocenters. The zero-order valence-electron chi connectivity index (χ0n) is 17.2. The minimum atomic E-state index is 0.416. The Bertz CT molecular complexity index is 1210. The molecule has 0 atom stereocenters. The van der Waals surface area contributed by atoms with E-state index in [1.807, 2.05) is 40.7 Å². The summed E-state index contributed by atoms with van der Waals surface area (Å²) in [6, 6.07) is 14.6. The first kappa shape index (κ1) is 20.9. The van der Waals surface area contributed by atoms with Crippen LogP contribution in [0.2, 0.25) is 5.02 Å². The van der Waals surface area contributed by atoms with Gasteiger partial charge >= 0.3 is 0 Å². The number of thioether (sulfide) groups is 1. The van der Waals surface area contributed by atoms with E-state index in [1.54, 1.807) is 11.3 Å². The van der Waals surface area contributed by atoms with E-state index in [0.717, 1.165) is 52.2 Å². The quantitative estimate of drug-likeness (QED) is 0.228. The molecule has 1 saturated heterocycles. The summed E-state index contributed by atoms with van der Waals surface area (Å²) in [7, 11) is 0. The van der Waals surface area contributed by atoms with E-state index in [4.69, 9.17) is 16.6 Å². The van der Waals surface area contributed by atoms with Crippen molar-refractivity contribution in [1.29, 1.82) is 0 Å². The molecular formula is C24H24ClN3OS2. The molecule has 0 saturated carbocycles. The van der Waals surface area contributed by atoms with Gasteiger partial charge in [-0.05, 0) is 73.4 Å². The van der Waals surface area contributed by atoms with Gasteiger partial charge in [-0.2, -0.15) is 0 Å². The summed E-state index contributed by atoms with van der Waals surface area (Å²) in [5.74, 6) is 1.93. The fourth-order valence-electron chi connectivity index (χ4n) is 4.29. The predicted octanol–water partition coefficient (Wildman–Crippen LogP) is 6.50. The van der Waals surface area contributed by atoms with E-state index in [2.05, 4.69) is 29.2 Å². The molecule has 0 aliphatic carbocycles. The van der Waals surface area contributed by atoms with Gasteiger partial charge in [-0.3, -0.25) is 0 Å². The molecule has 31 heavy (non-hydrogen) atoms. The van der Waals surface area contributed by atoms with Crippen LogP contribution in [0.15, 0.2) is 53.6 Å². The number of anilines is 1. The van der Waals surface area contributed by atoms with Crippen LogP contribution in [0.5, 0.6) is 0 Å². The standard InChI is InChI=1S/C24H24ClN3OS2/c25-19-1-3-21-23(16-19)31-24(26-21)28-9-5-17(6-10-28)8-14-30-20-2-4-22-18(15-20)7-11-27(22)12-13-29/h1-4,7,11,13,15-17H,5-6,8-10,12,14H2. The lowest BCUT2D eigenvalue weighted by Crippen LogP contribution is -2.33. The highest BCUT2D eigenvalue weighted by Crippen LogP contribution is 2.34. The molecule has 1 aliphatic rings. The maximum absolute atomic E-state index is 10.8. The van der Waals surface area contributed by atoms with E-state index in [9.17, 15) is 4.79 Å². The zero-order valence-corrected chi connectivity index (χ0v) is 19.6. The average Bonchev–Trinajstić information content (AvgIpc) is 3.38. The Morgan fingerprint density at radius 1 is 1.16 bits per heavy atom. The minimum Gasteiger partial charge on any atom is -0.348 e. The van der Waals surface area contributed by atoms with Crippen LogP contribution < -0.4 is 4.90 Å². The average molecular weight is 470 g/mol. The number of carbonyl (C=O) groups is 1. The summed E-state index contributed by atoms with van der Waals surface area (Å²) in [4.78, 5) is 19.3. The lowest BCUT2D eigenvalue weighted by Gasteiger charge is -2.31. The smallest absolute Gasteiger partial charge is 0.186 e. The SMILES string of the molecule is O=CCn1ccc2cc(SCCC3CCN(c4nc5ccc(Cl)cc5s4)CC3)ccc21. The molecule has 7 heteroatoms. The summed E-state index contributed by atoms with van der Waals surface area (Å²) < 4.78 is 3.16. The molecule has 4 nitrogen and oxygen atoms in total. The van der Waals surface area contributed by atoms with Crippen LogP contribution in [0.4, 0.5) is 5.13 Å². The van der Waals surface area contributed by atoms with Crippen molar-refractivity contribution in [2.75, 3.05) is 23.7 Å². The first-order chi connectivity index (χ1) is 15.2. The number of hydrogen-bond acceptors (Lipinski definition) is 5. The normalized spacial score (nSPS) is 15.2. The minimum absolute atomic E-state index is 0.416. The number of rotatable bonds is 7. The number of benzene rings is 2. The maximum atomic E-state index is 10.8. The summed E-state index contributed by atoms with van der Waals surface area (Å²) in [6.07, 6.45) is 6.63. The highest BCUT2D eigenvalue weighted by atomic mass is 35.5. The summed E-state index contributed by atoms with van der Waals surface area (Å²) >= 11 is 9.80. The number of hydrogen-bond donors (Lipinski definition) is 0. The van der Waals surface area contributed by atoms with Crippen LogP contribution in [0, 0.1) is 5.92 Å². The Balaban J connectivity index is 1.12. The van der Waals surface area contributed by atoms with Crippen molar-refractivity contribution in [2.45, 2.75) is 30.7 Å². The Kier molecular flexibility index (Phi) is 6.21. The first-order valence-electron chi connectivity index (χ1n) is 10.7. The van der Waals surface area contributed by atoms with Crippen molar-refractivity contribution in [2.24, 2.45) is 5.92 Å². The lowest BCUT2D eigenvalue weighted by atomic mass is 9.95. The molecule has 0 spiro atoms. The van der Waals surface area contributed by atoms with Gasteiger partial charge in [-0.1, -0.05) is 22.9 Å². The number of carbonyl (C=O) groups excluding carboxylic acids is 1. The van der Waals surface area contributed by atoms with Gasteiger partial charge in [-0.15, -0.1) is 11.8 Å². The second-order valence-electron chi connectivity index (χ2n) is 8.03. The molecule has 4 aromatic rings. The maximum Gasteiger partial charge on any atom is 0.186 e. The van der Waals surface area contributed by atoms with Crippen molar-refractivity contribution < 1.29 is 4.79 Å². The topological polar surface area (TPSA) is 38.1 Å². The van der Waals surface area contributed by atoms with Gasteiger partial charge < -0.3 is 14.3 Å². The third-order valence-corrected chi connectivity index (χ3v) is 8.37. The summed E-state index contributed by atoms with van der Waals surface area (Å²) in [6.45, 7) is 2.58. The summed E-state index contributed by atoms with van der Waals surface area (Å²) in [5, 5.41) is 3.11. The number of thiazole rings is 1. The van der Waals surface area contributed by atoms with Crippen LogP contribution >= 0.6 is 34.7 Å². The van der Waals surface area contributed by atoms with Gasteiger partial charge in [0.2, 0.25) is 0 Å². The number of aromatic nitrogens is 2. The predicted molar refractivity (Wildman–Crippen MR) is 133 cm³/mol. The van der Waals surface area contributed by atoms with Crippen LogP contribution in [-0.4, -0.2) is 34.7 Å². The van der Waals surface area contributed by atoms with Gasteiger partial charge in [0.1, 0.15) is 6.29 Å². The van der Waals surface area contributed by atoms with Gasteiger partial charge in [0, 0.05) is 40.1 Å². The Morgan fingerprint density at radius 3 is 2.87 bits per heavy atom. The van der Waals surface area contributed by atoms with Crippen molar-refractivity contribution in [1.82, 2.24) is 9.55 Å². The van der Waals surface area contributed by atoms with Crippen LogP contribution in [0.25, 0.3) is 21.1 Å². The zero-order chi connectivity index (χ0) is 21.2. The van der Waals surface area contributed by atoms with Crippen LogP contribution in [0.3, 0.4) is 0 Å². The van der Waals surface area contributed by atoms with Gasteiger partial charge in [0.05, 0.1) is 16.8 Å². The highest BCUT2D eigenvalue weighted by molar-refractivity contribution is 7.99. The lowest BCUT2D eigenvalue weighted by molar-refractivity contribution is -0.108. The molecule has 1 aliphatic heterocycles. The largest absolute Gasteiger partial charge is 0.348 e. The molecule has 160 valence electrons. The van der Waals surface area contributed by atoms with Crippen molar-refractivity contribution in [3.05, 3.63) is 53.7 Å². The van der Waals surface area contributed by atoms with Gasteiger partial charge in [-0.25, -0.2) is 4.98 Å². The molecule has 3 heterocycles. The van der Waals surface area contributed by atoms with E-state index in [0.29, 0.717) is 6.54 Å². The number of halogens is 1. The van der Waals surface area contributed by atoms with E-state index in [-0.39, 0.29) is 0 Å². The van der Waals surface area contributed by atoms with E-state index in [1.165, 1.54) is 34.2 Å². The van der Waals surface area contributed by atoms with Crippen molar-refractivity contribution >= 4 is 67.2 Å². The third kappa shape index (κ3) is 4.61. The molecule has 1 fully saturated rings. The molecular weight excluding hydrogens is 446 g/mol. The Hall–Kier alpha value is -2.02. The van der Waals surface area contributed by atoms with Crippen molar-refractivity contribution in [3.63, 3.8) is 0 Å². The van der Waals surface area contributed by atoms with Gasteiger partial charge in [0.25, 0.3) is 0 Å². The molecule has 2 aromatic carbocycles. The molecule has 0 N–H and O–H groups in total. The second-order valence-corrected chi connectivity index (χ2v) is 10.6. The third-order valence-electron chi connectivity index (χ3n) is 6.03. The molecule has 0 amide bonds. The molecule has 2 aromatic heterocycles. The Morgan fingerprint density at radius 2 is 2.03 bits per heavy atom. The van der Waals surface area contributed by atoms with Gasteiger partial charge in [0.15, 0.2) is 5.13 Å². The fraction of sp³-hybridized carbons (Fsp3) is 0.333. The van der Waals surface area contributed by atoms with Crippen LogP contribution in [0.1, 0.15) is 19.3 Å². The number of aldehydes is 1. The van der Waals surface area contributed by atoms with E-state index < -0.39 is 0 Å². The van der Waals surface area contributed by atoms with Crippen LogP contribution in [-0.2, 0) is 11.3 Å². The number of fused-ring (bicyclic) bond motifs is 2. The van der Waals surface area contributed by atoms with Crippen molar-refractivity contribution in [3.8, 4) is 0 Å². The molecule has 0 bridgehead atoms. The number of nitrogens with zero attached hydrogens (tertiary/aromatic N) is 3.